The van der Waals surface area contributed by atoms with Gasteiger partial charge in [-0.25, -0.2) is 0 Å². The minimum Gasteiger partial charge on any atom is -0.316 e. The summed E-state index contributed by atoms with van der Waals surface area (Å²) in [7, 11) is 2.21. The van der Waals surface area contributed by atoms with Crippen molar-refractivity contribution in [3.05, 3.63) is 12.2 Å². The number of nitrogens with zero attached hydrogens (tertiary/aromatic N) is 1. The minimum atomic E-state index is 0.899. The predicted molar refractivity (Wildman–Crippen MR) is 62.5 cm³/mol. The fourth-order valence-corrected chi connectivity index (χ4v) is 1.87. The maximum Gasteiger partial charge on any atom is -0.00117 e. The molecule has 0 aromatic heterocycles. The molecule has 0 aromatic rings. The van der Waals surface area contributed by atoms with Crippen LogP contribution in [0, 0.1) is 5.92 Å². The zero-order valence-electron chi connectivity index (χ0n) is 9.68. The molecule has 1 fully saturated rings. The number of hydrogen-bond acceptors (Lipinski definition) is 2. The number of hydrogen-bond donors (Lipinski definition) is 1. The number of nitrogens with one attached hydrogen (secondary N) is 1. The molecule has 1 rings (SSSR count). The fraction of sp³-hybridized carbons (Fsp3) is 0.833. The lowest BCUT2D eigenvalue weighted by atomic mass is 9.97. The molecule has 0 unspecified atom stereocenters. The van der Waals surface area contributed by atoms with Crippen LogP contribution in [0.15, 0.2) is 12.2 Å². The molecule has 0 aliphatic carbocycles. The maximum absolute atomic E-state index is 3.90. The Labute approximate surface area is 88.4 Å². The van der Waals surface area contributed by atoms with E-state index in [0.717, 1.165) is 18.9 Å². The van der Waals surface area contributed by atoms with Crippen LogP contribution in [0.2, 0.25) is 0 Å². The number of rotatable bonds is 5. The lowest BCUT2D eigenvalue weighted by molar-refractivity contribution is 0.216. The summed E-state index contributed by atoms with van der Waals surface area (Å²) < 4.78 is 0. The van der Waals surface area contributed by atoms with Crippen LogP contribution in [0.1, 0.15) is 26.2 Å². The summed E-state index contributed by atoms with van der Waals surface area (Å²) in [5, 5.41) is 3.52. The quantitative estimate of drug-likeness (QED) is 0.533. The molecule has 0 bridgehead atoms. The molecule has 82 valence electrons. The summed E-state index contributed by atoms with van der Waals surface area (Å²) in [5.74, 6) is 0.899. The molecule has 2 nitrogen and oxygen atoms in total. The van der Waals surface area contributed by atoms with Gasteiger partial charge in [-0.15, -0.1) is 6.58 Å². The van der Waals surface area contributed by atoms with Crippen molar-refractivity contribution in [2.24, 2.45) is 5.92 Å². The third-order valence-electron chi connectivity index (χ3n) is 3.00. The molecule has 0 saturated carbocycles. The Morgan fingerprint density at radius 2 is 2.07 bits per heavy atom. The Morgan fingerprint density at radius 1 is 1.43 bits per heavy atom. The number of piperidine rings is 1. The zero-order chi connectivity index (χ0) is 10.4. The highest BCUT2D eigenvalue weighted by atomic mass is 15.1. The van der Waals surface area contributed by atoms with Gasteiger partial charge in [0, 0.05) is 0 Å². The van der Waals surface area contributed by atoms with Gasteiger partial charge in [-0.3, -0.25) is 0 Å². The molecule has 2 heteroatoms. The van der Waals surface area contributed by atoms with Crippen LogP contribution in [-0.4, -0.2) is 38.1 Å². The van der Waals surface area contributed by atoms with Crippen LogP contribution in [-0.2, 0) is 0 Å². The zero-order valence-corrected chi connectivity index (χ0v) is 9.68. The summed E-state index contributed by atoms with van der Waals surface area (Å²) in [4.78, 5) is 2.42. The minimum absolute atomic E-state index is 0.899. The van der Waals surface area contributed by atoms with E-state index in [2.05, 4.69) is 30.8 Å². The van der Waals surface area contributed by atoms with Gasteiger partial charge in [-0.1, -0.05) is 5.57 Å². The molecule has 0 spiro atoms. The van der Waals surface area contributed by atoms with Crippen molar-refractivity contribution in [2.45, 2.75) is 26.2 Å². The second-order valence-corrected chi connectivity index (χ2v) is 4.66. The average Bonchev–Trinajstić information content (AvgIpc) is 2.15. The van der Waals surface area contributed by atoms with E-state index in [4.69, 9.17) is 0 Å². The average molecular weight is 196 g/mol. The first kappa shape index (κ1) is 11.7. The predicted octanol–water partition coefficient (Wildman–Crippen LogP) is 1.88. The molecule has 1 heterocycles. The molecular weight excluding hydrogens is 172 g/mol. The first-order valence-corrected chi connectivity index (χ1v) is 5.72. The number of likely N-dealkylation sites (tertiary alicyclic amines) is 1. The second kappa shape index (κ2) is 6.20. The van der Waals surface area contributed by atoms with Crippen LogP contribution in [0.5, 0.6) is 0 Å². The highest BCUT2D eigenvalue weighted by molar-refractivity contribution is 4.88. The van der Waals surface area contributed by atoms with E-state index in [1.54, 1.807) is 0 Å². The van der Waals surface area contributed by atoms with Crippen LogP contribution in [0.25, 0.3) is 0 Å². The SMILES string of the molecule is C=C(C)CCNCC1CCN(C)CC1. The lowest BCUT2D eigenvalue weighted by Gasteiger charge is -2.29. The molecule has 0 amide bonds. The third-order valence-corrected chi connectivity index (χ3v) is 3.00. The van der Waals surface area contributed by atoms with Crippen LogP contribution in [0.4, 0.5) is 0 Å². The highest BCUT2D eigenvalue weighted by Gasteiger charge is 2.15. The summed E-state index contributed by atoms with van der Waals surface area (Å²) in [6.45, 7) is 10.8. The lowest BCUT2D eigenvalue weighted by Crippen LogP contribution is -2.35. The summed E-state index contributed by atoms with van der Waals surface area (Å²) in [5.41, 5.74) is 1.28. The van der Waals surface area contributed by atoms with Crippen LogP contribution in [0.3, 0.4) is 0 Å². The molecule has 0 radical (unpaired) electrons. The topological polar surface area (TPSA) is 15.3 Å². The Hall–Kier alpha value is -0.340. The van der Waals surface area contributed by atoms with Crippen molar-refractivity contribution in [3.63, 3.8) is 0 Å². The van der Waals surface area contributed by atoms with Crippen molar-refractivity contribution in [1.82, 2.24) is 10.2 Å². The smallest absolute Gasteiger partial charge is 0.00117 e. The van der Waals surface area contributed by atoms with Gasteiger partial charge < -0.3 is 10.2 Å². The van der Waals surface area contributed by atoms with Crippen LogP contribution < -0.4 is 5.32 Å². The van der Waals surface area contributed by atoms with Crippen molar-refractivity contribution in [3.8, 4) is 0 Å². The normalized spacial score (nSPS) is 19.9. The van der Waals surface area contributed by atoms with Gasteiger partial charge in [-0.05, 0) is 65.3 Å². The third kappa shape index (κ3) is 4.77. The second-order valence-electron chi connectivity index (χ2n) is 4.66. The van der Waals surface area contributed by atoms with Crippen molar-refractivity contribution in [2.75, 3.05) is 33.2 Å². The van der Waals surface area contributed by atoms with Gasteiger partial charge in [-0.2, -0.15) is 0 Å². The van der Waals surface area contributed by atoms with Crippen molar-refractivity contribution in [1.29, 1.82) is 0 Å². The molecule has 1 saturated heterocycles. The van der Waals surface area contributed by atoms with E-state index in [1.807, 2.05) is 0 Å². The molecule has 0 atom stereocenters. The summed E-state index contributed by atoms with van der Waals surface area (Å²) in [6.07, 6.45) is 3.83. The van der Waals surface area contributed by atoms with Gasteiger partial charge in [0.1, 0.15) is 0 Å². The van der Waals surface area contributed by atoms with Gasteiger partial charge in [0.05, 0.1) is 0 Å². The first-order chi connectivity index (χ1) is 6.68. The molecule has 0 aromatic carbocycles. The Bertz CT molecular complexity index is 169. The van der Waals surface area contributed by atoms with Crippen molar-refractivity contribution >= 4 is 0 Å². The Balaban J connectivity index is 1.99. The first-order valence-electron chi connectivity index (χ1n) is 5.72. The van der Waals surface area contributed by atoms with Gasteiger partial charge in [0.25, 0.3) is 0 Å². The molecule has 1 aliphatic heterocycles. The molecule has 1 aliphatic rings. The standard InChI is InChI=1S/C12H24N2/c1-11(2)4-7-13-10-12-5-8-14(3)9-6-12/h12-13H,1,4-10H2,2-3H3. The molecule has 14 heavy (non-hydrogen) atoms. The molecular formula is C12H24N2. The van der Waals surface area contributed by atoms with E-state index in [1.165, 1.54) is 38.0 Å². The van der Waals surface area contributed by atoms with Gasteiger partial charge in [0.2, 0.25) is 0 Å². The van der Waals surface area contributed by atoms with E-state index in [-0.39, 0.29) is 0 Å². The van der Waals surface area contributed by atoms with E-state index < -0.39 is 0 Å². The summed E-state index contributed by atoms with van der Waals surface area (Å²) >= 11 is 0. The largest absolute Gasteiger partial charge is 0.316 e. The Morgan fingerprint density at radius 3 is 2.64 bits per heavy atom. The van der Waals surface area contributed by atoms with Crippen molar-refractivity contribution < 1.29 is 0 Å². The van der Waals surface area contributed by atoms with Gasteiger partial charge in [0.15, 0.2) is 0 Å². The monoisotopic (exact) mass is 196 g/mol. The highest BCUT2D eigenvalue weighted by Crippen LogP contribution is 2.14. The van der Waals surface area contributed by atoms with Gasteiger partial charge >= 0.3 is 0 Å². The van der Waals surface area contributed by atoms with E-state index >= 15 is 0 Å². The fourth-order valence-electron chi connectivity index (χ4n) is 1.87. The van der Waals surface area contributed by atoms with E-state index in [9.17, 15) is 0 Å². The maximum atomic E-state index is 3.90. The van der Waals surface area contributed by atoms with Crippen LogP contribution >= 0.6 is 0 Å². The van der Waals surface area contributed by atoms with E-state index in [0.29, 0.717) is 0 Å². The summed E-state index contributed by atoms with van der Waals surface area (Å²) in [6, 6.07) is 0. The Kier molecular flexibility index (Phi) is 5.20. The molecule has 1 N–H and O–H groups in total.